The Balaban J connectivity index is 1.98. The van der Waals surface area contributed by atoms with Crippen molar-refractivity contribution >= 4 is 16.5 Å². The Labute approximate surface area is 112 Å². The van der Waals surface area contributed by atoms with E-state index in [0.717, 1.165) is 28.6 Å². The summed E-state index contributed by atoms with van der Waals surface area (Å²) in [6, 6.07) is 9.73. The summed E-state index contributed by atoms with van der Waals surface area (Å²) < 4.78 is 0. The maximum atomic E-state index is 9.52. The van der Waals surface area contributed by atoms with Crippen molar-refractivity contribution in [3.05, 3.63) is 54.3 Å². The Morgan fingerprint density at radius 1 is 1.26 bits per heavy atom. The maximum Gasteiger partial charge on any atom is 0.117 e. The Bertz CT molecular complexity index is 674. The van der Waals surface area contributed by atoms with Crippen LogP contribution in [0.4, 0.5) is 0 Å². The van der Waals surface area contributed by atoms with E-state index in [1.54, 1.807) is 12.1 Å². The van der Waals surface area contributed by atoms with E-state index in [1.165, 1.54) is 0 Å². The first kappa shape index (κ1) is 11.9. The van der Waals surface area contributed by atoms with Gasteiger partial charge in [0, 0.05) is 17.5 Å². The first-order valence-corrected chi connectivity index (χ1v) is 6.42. The molecule has 0 radical (unpaired) electrons. The molecule has 0 saturated heterocycles. The Morgan fingerprint density at radius 2 is 2.11 bits per heavy atom. The van der Waals surface area contributed by atoms with Gasteiger partial charge in [-0.3, -0.25) is 0 Å². The van der Waals surface area contributed by atoms with E-state index >= 15 is 0 Å². The standard InChI is InChI=1S/C16H16N2O/c1-17-13-6-2-11(3-7-13)15-9-5-12-4-8-14(19)10-16(12)18-15/h2-6,8-10,13,17,19H,7H2,1H3. The lowest BCUT2D eigenvalue weighted by Gasteiger charge is -2.15. The summed E-state index contributed by atoms with van der Waals surface area (Å²) in [5.74, 6) is 0.251. The van der Waals surface area contributed by atoms with E-state index in [9.17, 15) is 5.11 Å². The second-order valence-electron chi connectivity index (χ2n) is 4.72. The molecule has 0 amide bonds. The van der Waals surface area contributed by atoms with Gasteiger partial charge in [-0.2, -0.15) is 0 Å². The van der Waals surface area contributed by atoms with Gasteiger partial charge in [-0.1, -0.05) is 24.3 Å². The van der Waals surface area contributed by atoms with Crippen LogP contribution in [0.2, 0.25) is 0 Å². The molecule has 1 atom stereocenters. The molecule has 0 bridgehead atoms. The number of phenolic OH excluding ortho intramolecular Hbond substituents is 1. The monoisotopic (exact) mass is 252 g/mol. The molecule has 1 aromatic heterocycles. The third-order valence-corrected chi connectivity index (χ3v) is 3.44. The third kappa shape index (κ3) is 2.37. The molecule has 1 aromatic carbocycles. The second kappa shape index (κ2) is 4.86. The van der Waals surface area contributed by atoms with Gasteiger partial charge in [0.05, 0.1) is 11.2 Å². The minimum atomic E-state index is 0.251. The van der Waals surface area contributed by atoms with Crippen LogP contribution in [0.1, 0.15) is 12.1 Å². The number of allylic oxidation sites excluding steroid dienone is 2. The van der Waals surface area contributed by atoms with Crippen LogP contribution in [0.3, 0.4) is 0 Å². The molecular formula is C16H16N2O. The zero-order chi connectivity index (χ0) is 13.2. The van der Waals surface area contributed by atoms with Crippen molar-refractivity contribution in [1.82, 2.24) is 10.3 Å². The second-order valence-corrected chi connectivity index (χ2v) is 4.72. The van der Waals surface area contributed by atoms with Crippen molar-refractivity contribution in [2.75, 3.05) is 7.05 Å². The topological polar surface area (TPSA) is 45.1 Å². The predicted molar refractivity (Wildman–Crippen MR) is 78.0 cm³/mol. The van der Waals surface area contributed by atoms with E-state index in [2.05, 4.69) is 28.5 Å². The quantitative estimate of drug-likeness (QED) is 0.864. The van der Waals surface area contributed by atoms with E-state index in [4.69, 9.17) is 0 Å². The van der Waals surface area contributed by atoms with E-state index in [1.807, 2.05) is 25.2 Å². The van der Waals surface area contributed by atoms with Crippen LogP contribution >= 0.6 is 0 Å². The molecule has 3 nitrogen and oxygen atoms in total. The molecule has 3 rings (SSSR count). The predicted octanol–water partition coefficient (Wildman–Crippen LogP) is 2.87. The lowest BCUT2D eigenvalue weighted by molar-refractivity contribution is 0.476. The number of hydrogen-bond acceptors (Lipinski definition) is 3. The molecule has 0 fully saturated rings. The van der Waals surface area contributed by atoms with Crippen molar-refractivity contribution in [3.8, 4) is 5.75 Å². The van der Waals surface area contributed by atoms with Crippen LogP contribution in [0, 0.1) is 0 Å². The summed E-state index contributed by atoms with van der Waals surface area (Å²) in [6.07, 6.45) is 7.42. The summed E-state index contributed by atoms with van der Waals surface area (Å²) in [4.78, 5) is 4.61. The van der Waals surface area contributed by atoms with Gasteiger partial charge >= 0.3 is 0 Å². The Kier molecular flexibility index (Phi) is 3.05. The van der Waals surface area contributed by atoms with Crippen LogP contribution in [0.5, 0.6) is 5.75 Å². The molecule has 0 spiro atoms. The number of pyridine rings is 1. The van der Waals surface area contributed by atoms with Gasteiger partial charge in [0.25, 0.3) is 0 Å². The molecule has 19 heavy (non-hydrogen) atoms. The van der Waals surface area contributed by atoms with Gasteiger partial charge in [-0.05, 0) is 37.2 Å². The number of fused-ring (bicyclic) bond motifs is 1. The molecule has 3 heteroatoms. The molecule has 1 unspecified atom stereocenters. The number of phenols is 1. The fourth-order valence-corrected chi connectivity index (χ4v) is 2.29. The molecule has 0 saturated carbocycles. The highest BCUT2D eigenvalue weighted by molar-refractivity contribution is 5.83. The molecule has 1 aliphatic carbocycles. The van der Waals surface area contributed by atoms with E-state index in [-0.39, 0.29) is 5.75 Å². The summed E-state index contributed by atoms with van der Waals surface area (Å²) in [5, 5.41) is 13.8. The van der Waals surface area contributed by atoms with E-state index < -0.39 is 0 Å². The molecule has 0 aliphatic heterocycles. The molecule has 2 N–H and O–H groups in total. The van der Waals surface area contributed by atoms with Gasteiger partial charge in [0.2, 0.25) is 0 Å². The SMILES string of the molecule is CNC1C=CC(c2ccc3ccc(O)cc3n2)=CC1. The van der Waals surface area contributed by atoms with Crippen LogP contribution in [-0.4, -0.2) is 23.2 Å². The van der Waals surface area contributed by atoms with Crippen LogP contribution in [0.25, 0.3) is 16.5 Å². The number of aromatic hydroxyl groups is 1. The highest BCUT2D eigenvalue weighted by Crippen LogP contribution is 2.24. The van der Waals surface area contributed by atoms with Crippen LogP contribution in [0.15, 0.2) is 48.6 Å². The Morgan fingerprint density at radius 3 is 2.84 bits per heavy atom. The zero-order valence-corrected chi connectivity index (χ0v) is 10.8. The highest BCUT2D eigenvalue weighted by atomic mass is 16.3. The number of likely N-dealkylation sites (N-methyl/N-ethyl adjacent to an activating group) is 1. The summed E-state index contributed by atoms with van der Waals surface area (Å²) in [6.45, 7) is 0. The van der Waals surface area contributed by atoms with Gasteiger partial charge < -0.3 is 10.4 Å². The maximum absolute atomic E-state index is 9.52. The highest BCUT2D eigenvalue weighted by Gasteiger charge is 2.09. The zero-order valence-electron chi connectivity index (χ0n) is 10.8. The number of aromatic nitrogens is 1. The first-order valence-electron chi connectivity index (χ1n) is 6.42. The van der Waals surface area contributed by atoms with Crippen LogP contribution in [-0.2, 0) is 0 Å². The molecule has 96 valence electrons. The number of nitrogens with one attached hydrogen (secondary N) is 1. The molecule has 1 heterocycles. The average Bonchev–Trinajstić information content (AvgIpc) is 2.46. The summed E-state index contributed by atoms with van der Waals surface area (Å²) >= 11 is 0. The molecule has 1 aliphatic rings. The smallest absolute Gasteiger partial charge is 0.117 e. The molecular weight excluding hydrogens is 236 g/mol. The number of rotatable bonds is 2. The van der Waals surface area contributed by atoms with Crippen molar-refractivity contribution in [1.29, 1.82) is 0 Å². The normalized spacial score (nSPS) is 18.6. The molecule has 2 aromatic rings. The van der Waals surface area contributed by atoms with Gasteiger partial charge in [0.1, 0.15) is 5.75 Å². The van der Waals surface area contributed by atoms with Crippen LogP contribution < -0.4 is 5.32 Å². The summed E-state index contributed by atoms with van der Waals surface area (Å²) in [5.41, 5.74) is 2.91. The Hall–Kier alpha value is -2.13. The fourth-order valence-electron chi connectivity index (χ4n) is 2.29. The fraction of sp³-hybridized carbons (Fsp3) is 0.188. The number of hydrogen-bond donors (Lipinski definition) is 2. The summed E-state index contributed by atoms with van der Waals surface area (Å²) in [7, 11) is 1.96. The lowest BCUT2D eigenvalue weighted by atomic mass is 10.00. The number of benzene rings is 1. The minimum Gasteiger partial charge on any atom is -0.508 e. The number of nitrogens with zero attached hydrogens (tertiary/aromatic N) is 1. The first-order chi connectivity index (χ1) is 9.26. The van der Waals surface area contributed by atoms with Gasteiger partial charge in [-0.25, -0.2) is 4.98 Å². The van der Waals surface area contributed by atoms with Crippen molar-refractivity contribution in [2.45, 2.75) is 12.5 Å². The largest absolute Gasteiger partial charge is 0.508 e. The minimum absolute atomic E-state index is 0.251. The third-order valence-electron chi connectivity index (χ3n) is 3.44. The van der Waals surface area contributed by atoms with E-state index in [0.29, 0.717) is 6.04 Å². The van der Waals surface area contributed by atoms with Crippen molar-refractivity contribution in [3.63, 3.8) is 0 Å². The van der Waals surface area contributed by atoms with Gasteiger partial charge in [0.15, 0.2) is 0 Å². The van der Waals surface area contributed by atoms with Crippen molar-refractivity contribution < 1.29 is 5.11 Å². The average molecular weight is 252 g/mol. The van der Waals surface area contributed by atoms with Crippen molar-refractivity contribution in [2.24, 2.45) is 0 Å². The lowest BCUT2D eigenvalue weighted by Crippen LogP contribution is -2.23. The van der Waals surface area contributed by atoms with Gasteiger partial charge in [-0.15, -0.1) is 0 Å².